The van der Waals surface area contributed by atoms with E-state index >= 15 is 0 Å². The van der Waals surface area contributed by atoms with E-state index in [0.717, 1.165) is 97.1 Å². The number of aliphatic hydroxyl groups is 5. The number of aromatic hydroxyl groups is 20. The highest BCUT2D eigenvalue weighted by Gasteiger charge is 2.55. The zero-order valence-corrected chi connectivity index (χ0v) is 53.6. The molecule has 4 unspecified atom stereocenters. The minimum absolute atomic E-state index is 0.0507. The highest BCUT2D eigenvalue weighted by atomic mass is 16.5. The van der Waals surface area contributed by atoms with Gasteiger partial charge in [-0.1, -0.05) is 30.3 Å². The maximum Gasteiger partial charge on any atom is 0.157 e. The zero-order chi connectivity index (χ0) is 74.7. The van der Waals surface area contributed by atoms with Crippen LogP contribution in [0.25, 0.3) is 0 Å². The number of aliphatic hydroxyl groups excluding tert-OH is 5. The SMILES string of the molecule is Oc1cc(O)c2c(c1)O[C@H](c1ccc(O)c(O)c1)[C@H](O)C2c1c(O)cc(O)c2c1O[C@H](c1ccc(O)c(O)c1)[C@H](O)C2c1c(O)cc(O)c2c1O[C@H](c1ccc(O)c(O)c1)[C@H](O)C2c1c(O)cc(O)c2c1O[C@H](c1ccc(O)c(O)c1)[C@H](O)C2c1c(O)cc2c(c1O)C[C@H](O)[C@@H](c1ccc(O)c(O)c1)O2. The molecule has 0 saturated carbocycles. The molecular weight excluding hydrogens is 1380 g/mol. The molecule has 30 nitrogen and oxygen atoms in total. The molecule has 105 heavy (non-hydrogen) atoms. The lowest BCUT2D eigenvalue weighted by Crippen LogP contribution is -2.40. The Hall–Kier alpha value is -13.0. The Morgan fingerprint density at radius 1 is 0.229 bits per heavy atom. The summed E-state index contributed by atoms with van der Waals surface area (Å²) in [5, 5.41) is 294. The van der Waals surface area contributed by atoms with Crippen LogP contribution in [0.3, 0.4) is 0 Å². The summed E-state index contributed by atoms with van der Waals surface area (Å²) in [6.45, 7) is 0. The van der Waals surface area contributed by atoms with Gasteiger partial charge >= 0.3 is 0 Å². The van der Waals surface area contributed by atoms with Crippen molar-refractivity contribution >= 4 is 0 Å². The van der Waals surface area contributed by atoms with Crippen molar-refractivity contribution in [3.8, 4) is 144 Å². The molecular formula is C75H62O30. The second-order valence-corrected chi connectivity index (χ2v) is 26.3. The molecule has 25 N–H and O–H groups in total. The number of rotatable bonds is 9. The minimum Gasteiger partial charge on any atom is -0.508 e. The summed E-state index contributed by atoms with van der Waals surface area (Å²) >= 11 is 0. The van der Waals surface area contributed by atoms with Gasteiger partial charge < -0.3 is 151 Å². The van der Waals surface area contributed by atoms with Gasteiger partial charge in [0.05, 0.1) is 29.8 Å². The molecule has 0 spiro atoms. The van der Waals surface area contributed by atoms with Gasteiger partial charge in [-0.3, -0.25) is 0 Å². The minimum atomic E-state index is -2.30. The molecule has 5 heterocycles. The van der Waals surface area contributed by atoms with Crippen molar-refractivity contribution < 1.29 is 151 Å². The maximum absolute atomic E-state index is 13.4. The summed E-state index contributed by atoms with van der Waals surface area (Å²) in [6.07, 6.45) is -19.7. The van der Waals surface area contributed by atoms with E-state index in [4.69, 9.17) is 23.7 Å². The maximum atomic E-state index is 13.4. The predicted octanol–water partition coefficient (Wildman–Crippen LogP) is 7.34. The molecule has 5 aliphatic heterocycles. The lowest BCUT2D eigenvalue weighted by molar-refractivity contribution is -0.00964. The van der Waals surface area contributed by atoms with Crippen molar-refractivity contribution in [2.75, 3.05) is 0 Å². The summed E-state index contributed by atoms with van der Waals surface area (Å²) in [5.74, 6) is -27.2. The first kappa shape index (κ1) is 67.8. The van der Waals surface area contributed by atoms with Gasteiger partial charge in [0, 0.05) is 92.9 Å². The van der Waals surface area contributed by atoms with Gasteiger partial charge in [0.25, 0.3) is 0 Å². The Balaban J connectivity index is 0.984. The van der Waals surface area contributed by atoms with Crippen molar-refractivity contribution in [3.05, 3.63) is 205 Å². The third kappa shape index (κ3) is 10.7. The van der Waals surface area contributed by atoms with Crippen molar-refractivity contribution in [2.24, 2.45) is 0 Å². The zero-order valence-electron chi connectivity index (χ0n) is 53.6. The van der Waals surface area contributed by atoms with Crippen molar-refractivity contribution in [2.45, 2.75) is 91.1 Å². The highest BCUT2D eigenvalue weighted by molar-refractivity contribution is 5.75. The Labute approximate surface area is 589 Å². The normalized spacial score (nSPS) is 24.2. The number of phenolic OH excluding ortho intramolecular Hbond substituents is 20. The number of hydrogen-bond acceptors (Lipinski definition) is 30. The fourth-order valence-corrected chi connectivity index (χ4v) is 15.4. The van der Waals surface area contributed by atoms with Gasteiger partial charge in [0.2, 0.25) is 0 Å². The molecule has 0 radical (unpaired) electrons. The molecule has 0 fully saturated rings. The second-order valence-electron chi connectivity index (χ2n) is 26.3. The van der Waals surface area contributed by atoms with Crippen molar-refractivity contribution in [1.29, 1.82) is 0 Å². The van der Waals surface area contributed by atoms with Crippen LogP contribution in [0.4, 0.5) is 0 Å². The molecule has 30 heteroatoms. The van der Waals surface area contributed by atoms with E-state index < -0.39 is 262 Å². The van der Waals surface area contributed by atoms with Gasteiger partial charge in [-0.15, -0.1) is 0 Å². The van der Waals surface area contributed by atoms with Crippen LogP contribution < -0.4 is 23.7 Å². The summed E-state index contributed by atoms with van der Waals surface area (Å²) in [7, 11) is 0. The third-order valence-electron chi connectivity index (χ3n) is 20.2. The molecule has 10 aromatic carbocycles. The van der Waals surface area contributed by atoms with Crippen LogP contribution in [-0.4, -0.2) is 158 Å². The summed E-state index contributed by atoms with van der Waals surface area (Å²) in [5.41, 5.74) is -5.72. The number of ether oxygens (including phenoxy) is 5. The topological polar surface area (TPSA) is 552 Å². The Bertz CT molecular complexity index is 5270. The van der Waals surface area contributed by atoms with Gasteiger partial charge in [0.1, 0.15) is 117 Å². The van der Waals surface area contributed by atoms with E-state index in [0.29, 0.717) is 18.2 Å². The average molecular weight is 1440 g/mol. The molecule has 0 amide bonds. The molecule has 15 rings (SSSR count). The Morgan fingerprint density at radius 3 is 0.819 bits per heavy atom. The number of benzene rings is 10. The fourth-order valence-electron chi connectivity index (χ4n) is 15.4. The Morgan fingerprint density at radius 2 is 0.495 bits per heavy atom. The molecule has 0 aromatic heterocycles. The van der Waals surface area contributed by atoms with Crippen LogP contribution in [0, 0.1) is 0 Å². The van der Waals surface area contributed by atoms with E-state index in [1.54, 1.807) is 0 Å². The van der Waals surface area contributed by atoms with Crippen molar-refractivity contribution in [1.82, 2.24) is 0 Å². The largest absolute Gasteiger partial charge is 0.508 e. The van der Waals surface area contributed by atoms with E-state index in [2.05, 4.69) is 0 Å². The van der Waals surface area contributed by atoms with Gasteiger partial charge in [-0.2, -0.15) is 0 Å². The first-order valence-electron chi connectivity index (χ1n) is 32.1. The first-order chi connectivity index (χ1) is 49.9. The fraction of sp³-hybridized carbons (Fsp3) is 0.200. The van der Waals surface area contributed by atoms with Crippen LogP contribution in [-0.2, 0) is 6.42 Å². The van der Waals surface area contributed by atoms with E-state index in [1.165, 1.54) is 12.1 Å². The molecule has 14 atom stereocenters. The second kappa shape index (κ2) is 24.6. The van der Waals surface area contributed by atoms with Crippen molar-refractivity contribution in [3.63, 3.8) is 0 Å². The van der Waals surface area contributed by atoms with Crippen LogP contribution in [0.1, 0.15) is 132 Å². The number of fused-ring (bicyclic) bond motifs is 5. The molecule has 542 valence electrons. The summed E-state index contributed by atoms with van der Waals surface area (Å²) < 4.78 is 32.4. The van der Waals surface area contributed by atoms with E-state index in [9.17, 15) is 128 Å². The number of hydrogen-bond donors (Lipinski definition) is 25. The molecule has 0 aliphatic carbocycles. The lowest BCUT2D eigenvalue weighted by Gasteiger charge is -2.45. The van der Waals surface area contributed by atoms with Gasteiger partial charge in [-0.25, -0.2) is 0 Å². The lowest BCUT2D eigenvalue weighted by atomic mass is 9.71. The monoisotopic (exact) mass is 1440 g/mol. The van der Waals surface area contributed by atoms with Gasteiger partial charge in [0.15, 0.2) is 81.9 Å². The van der Waals surface area contributed by atoms with Crippen LogP contribution >= 0.6 is 0 Å². The number of phenols is 20. The average Bonchev–Trinajstić information content (AvgIpc) is 0.709. The molecule has 0 saturated heterocycles. The quantitative estimate of drug-likeness (QED) is 0.0628. The molecule has 0 bridgehead atoms. The van der Waals surface area contributed by atoms with Crippen LogP contribution in [0.5, 0.6) is 144 Å². The smallest absolute Gasteiger partial charge is 0.157 e. The van der Waals surface area contributed by atoms with Crippen LogP contribution in [0.15, 0.2) is 127 Å². The first-order valence-corrected chi connectivity index (χ1v) is 32.1. The summed E-state index contributed by atoms with van der Waals surface area (Å²) in [6, 6.07) is 21.0. The van der Waals surface area contributed by atoms with E-state index in [1.807, 2.05) is 0 Å². The molecule has 10 aromatic rings. The summed E-state index contributed by atoms with van der Waals surface area (Å²) in [4.78, 5) is 0. The standard InChI is InChI=1S/C75H62O30/c76-28-16-40(87)51-50(17-28)102-69(24-2-7-31(78)36(83)12-24)64(97)59(51)53-41(88)19-43(90)55-61(66(99)71(104-73(53)55)26-4-9-33(80)38(85)14-26)57-45(92)21-46(93)58-62(67(100)72(105-75(57)58)27-5-10-34(81)39(86)15-27)56-44(91)20-42(89)54-60(65(98)70(103-74(54)56)25-3-8-32(79)37(84)13-25)52-47(94)22-49-29(63(52)96)18-48(95)68(101-49)23-1-6-30(77)35(82)11-23/h1-17,19-22,48,59-62,64-72,76-100H,18H2/t48-,59?,60?,61?,62?,64+,65+,66+,67+,68+,69+,70+,71+,72+/m0/s1. The van der Waals surface area contributed by atoms with Gasteiger partial charge in [-0.05, 0) is 88.5 Å². The van der Waals surface area contributed by atoms with E-state index in [-0.39, 0.29) is 50.4 Å². The highest BCUT2D eigenvalue weighted by Crippen LogP contribution is 2.67. The predicted molar refractivity (Wildman–Crippen MR) is 356 cm³/mol. The third-order valence-corrected chi connectivity index (χ3v) is 20.2. The Kier molecular flexibility index (Phi) is 15.9. The molecule has 5 aliphatic rings. The van der Waals surface area contributed by atoms with Crippen LogP contribution in [0.2, 0.25) is 0 Å².